The van der Waals surface area contributed by atoms with Crippen molar-refractivity contribution >= 4 is 10.2 Å². The van der Waals surface area contributed by atoms with Crippen molar-refractivity contribution in [3.05, 3.63) is 0 Å². The first-order valence-electron chi connectivity index (χ1n) is 7.29. The van der Waals surface area contributed by atoms with Crippen LogP contribution >= 0.6 is 0 Å². The van der Waals surface area contributed by atoms with Gasteiger partial charge in [0, 0.05) is 32.7 Å². The summed E-state index contributed by atoms with van der Waals surface area (Å²) in [4.78, 5) is 0. The van der Waals surface area contributed by atoms with Crippen LogP contribution in [0.2, 0.25) is 0 Å². The summed E-state index contributed by atoms with van der Waals surface area (Å²) in [6, 6.07) is -0.0301. The van der Waals surface area contributed by atoms with Gasteiger partial charge in [0.05, 0.1) is 0 Å². The van der Waals surface area contributed by atoms with Gasteiger partial charge in [0.1, 0.15) is 0 Å². The van der Waals surface area contributed by atoms with Crippen molar-refractivity contribution in [2.45, 2.75) is 39.2 Å². The number of nitrogens with two attached hydrogens (primary N) is 1. The molecule has 2 aliphatic rings. The zero-order valence-electron chi connectivity index (χ0n) is 12.2. The first kappa shape index (κ1) is 15.2. The van der Waals surface area contributed by atoms with E-state index >= 15 is 0 Å². The Hall–Kier alpha value is -0.170. The van der Waals surface area contributed by atoms with Crippen LogP contribution in [0.3, 0.4) is 0 Å². The molecule has 5 nitrogen and oxygen atoms in total. The standard InChI is InChI=1S/C13H27N3O2S/c1-10-6-11(2)9-16(8-10)19(17,18)15(3)13(7-14)12-4-5-12/h10-13H,4-9,14H2,1-3H3. The topological polar surface area (TPSA) is 66.6 Å². The van der Waals surface area contributed by atoms with E-state index in [4.69, 9.17) is 5.73 Å². The van der Waals surface area contributed by atoms with Crippen LogP contribution in [0.5, 0.6) is 0 Å². The van der Waals surface area contributed by atoms with Crippen LogP contribution in [-0.4, -0.2) is 49.8 Å². The average Bonchev–Trinajstić information content (AvgIpc) is 3.13. The van der Waals surface area contributed by atoms with E-state index in [-0.39, 0.29) is 6.04 Å². The van der Waals surface area contributed by atoms with Crippen LogP contribution < -0.4 is 5.73 Å². The van der Waals surface area contributed by atoms with Gasteiger partial charge >= 0.3 is 0 Å². The molecule has 0 bridgehead atoms. The highest BCUT2D eigenvalue weighted by Gasteiger charge is 2.41. The highest BCUT2D eigenvalue weighted by Crippen LogP contribution is 2.36. The fourth-order valence-corrected chi connectivity index (χ4v) is 5.12. The summed E-state index contributed by atoms with van der Waals surface area (Å²) in [5.41, 5.74) is 5.77. The summed E-state index contributed by atoms with van der Waals surface area (Å²) in [7, 11) is -1.67. The lowest BCUT2D eigenvalue weighted by Gasteiger charge is -2.38. The second kappa shape index (κ2) is 5.68. The minimum absolute atomic E-state index is 0.0301. The van der Waals surface area contributed by atoms with E-state index in [9.17, 15) is 8.42 Å². The molecule has 2 fully saturated rings. The van der Waals surface area contributed by atoms with Gasteiger partial charge in [-0.15, -0.1) is 0 Å². The Balaban J connectivity index is 2.11. The molecule has 112 valence electrons. The van der Waals surface area contributed by atoms with Crippen LogP contribution in [-0.2, 0) is 10.2 Å². The van der Waals surface area contributed by atoms with E-state index in [0.29, 0.717) is 37.4 Å². The van der Waals surface area contributed by atoms with Crippen LogP contribution in [0.25, 0.3) is 0 Å². The number of hydrogen-bond acceptors (Lipinski definition) is 3. The summed E-state index contributed by atoms with van der Waals surface area (Å²) >= 11 is 0. The molecule has 2 rings (SSSR count). The number of nitrogens with zero attached hydrogens (tertiary/aromatic N) is 2. The molecule has 1 saturated heterocycles. The molecule has 1 aliphatic heterocycles. The molecule has 6 heteroatoms. The zero-order chi connectivity index (χ0) is 14.2. The quantitative estimate of drug-likeness (QED) is 0.817. The smallest absolute Gasteiger partial charge is 0.282 e. The van der Waals surface area contributed by atoms with Gasteiger partial charge in [0.2, 0.25) is 0 Å². The average molecular weight is 289 g/mol. The third-order valence-corrected chi connectivity index (χ3v) is 6.35. The molecule has 2 N–H and O–H groups in total. The Kier molecular flexibility index (Phi) is 4.55. The predicted molar refractivity (Wildman–Crippen MR) is 76.8 cm³/mol. The fourth-order valence-electron chi connectivity index (χ4n) is 3.27. The van der Waals surface area contributed by atoms with Gasteiger partial charge in [0.25, 0.3) is 10.2 Å². The van der Waals surface area contributed by atoms with Crippen LogP contribution in [0, 0.1) is 17.8 Å². The van der Waals surface area contributed by atoms with E-state index in [0.717, 1.165) is 19.3 Å². The van der Waals surface area contributed by atoms with Crippen LogP contribution in [0.4, 0.5) is 0 Å². The van der Waals surface area contributed by atoms with E-state index in [1.54, 1.807) is 11.4 Å². The van der Waals surface area contributed by atoms with Crippen LogP contribution in [0.1, 0.15) is 33.1 Å². The predicted octanol–water partition coefficient (Wildman–Crippen LogP) is 0.878. The molecule has 1 heterocycles. The van der Waals surface area contributed by atoms with Crippen LogP contribution in [0.15, 0.2) is 0 Å². The number of piperidine rings is 1. The summed E-state index contributed by atoms with van der Waals surface area (Å²) in [6.07, 6.45) is 3.32. The van der Waals surface area contributed by atoms with Crippen molar-refractivity contribution in [3.8, 4) is 0 Å². The van der Waals surface area contributed by atoms with Crippen molar-refractivity contribution in [1.29, 1.82) is 0 Å². The van der Waals surface area contributed by atoms with Crippen molar-refractivity contribution in [2.75, 3.05) is 26.7 Å². The monoisotopic (exact) mass is 289 g/mol. The molecule has 1 aliphatic carbocycles. The maximum atomic E-state index is 12.7. The SMILES string of the molecule is CC1CC(C)CN(S(=O)(=O)N(C)C(CN)C2CC2)C1. The van der Waals surface area contributed by atoms with E-state index < -0.39 is 10.2 Å². The zero-order valence-corrected chi connectivity index (χ0v) is 13.1. The molecule has 0 aromatic heterocycles. The van der Waals surface area contributed by atoms with Gasteiger partial charge in [-0.05, 0) is 37.0 Å². The van der Waals surface area contributed by atoms with E-state index in [2.05, 4.69) is 13.8 Å². The second-order valence-electron chi connectivity index (χ2n) is 6.43. The maximum absolute atomic E-state index is 12.7. The molecule has 0 amide bonds. The fraction of sp³-hybridized carbons (Fsp3) is 1.00. The number of hydrogen-bond donors (Lipinski definition) is 1. The molecule has 0 aromatic carbocycles. The lowest BCUT2D eigenvalue weighted by atomic mass is 9.94. The van der Waals surface area contributed by atoms with E-state index in [1.165, 1.54) is 4.31 Å². The summed E-state index contributed by atoms with van der Waals surface area (Å²) in [6.45, 7) is 5.94. The minimum Gasteiger partial charge on any atom is -0.329 e. The molecule has 0 aromatic rings. The first-order chi connectivity index (χ1) is 8.86. The Morgan fingerprint density at radius 1 is 1.26 bits per heavy atom. The summed E-state index contributed by atoms with van der Waals surface area (Å²) in [5.74, 6) is 1.33. The van der Waals surface area contributed by atoms with Crippen molar-refractivity contribution in [1.82, 2.24) is 8.61 Å². The Labute approximate surface area is 117 Å². The summed E-state index contributed by atoms with van der Waals surface area (Å²) in [5, 5.41) is 0. The lowest BCUT2D eigenvalue weighted by molar-refractivity contribution is 0.203. The Bertz CT molecular complexity index is 390. The normalized spacial score (nSPS) is 31.6. The third-order valence-electron chi connectivity index (χ3n) is 4.40. The van der Waals surface area contributed by atoms with Crippen molar-refractivity contribution in [2.24, 2.45) is 23.5 Å². The first-order valence-corrected chi connectivity index (χ1v) is 8.69. The van der Waals surface area contributed by atoms with E-state index in [1.807, 2.05) is 0 Å². The van der Waals surface area contributed by atoms with Gasteiger partial charge in [-0.2, -0.15) is 17.0 Å². The van der Waals surface area contributed by atoms with Gasteiger partial charge in [-0.25, -0.2) is 0 Å². The molecule has 3 unspecified atom stereocenters. The molecule has 0 radical (unpaired) electrons. The molecule has 0 spiro atoms. The second-order valence-corrected chi connectivity index (χ2v) is 8.42. The molecule has 19 heavy (non-hydrogen) atoms. The highest BCUT2D eigenvalue weighted by molar-refractivity contribution is 7.86. The van der Waals surface area contributed by atoms with Gasteiger partial charge < -0.3 is 5.73 Å². The van der Waals surface area contributed by atoms with Crippen molar-refractivity contribution < 1.29 is 8.42 Å². The number of rotatable bonds is 5. The lowest BCUT2D eigenvalue weighted by Crippen LogP contribution is -2.53. The Morgan fingerprint density at radius 3 is 2.21 bits per heavy atom. The highest BCUT2D eigenvalue weighted by atomic mass is 32.2. The molecule has 1 saturated carbocycles. The maximum Gasteiger partial charge on any atom is 0.282 e. The molecule has 3 atom stereocenters. The Morgan fingerprint density at radius 2 is 1.79 bits per heavy atom. The van der Waals surface area contributed by atoms with Gasteiger partial charge in [-0.1, -0.05) is 13.8 Å². The third kappa shape index (κ3) is 3.29. The number of likely N-dealkylation sites (N-methyl/N-ethyl adjacent to an activating group) is 1. The van der Waals surface area contributed by atoms with Gasteiger partial charge in [-0.3, -0.25) is 0 Å². The molecular formula is C13H27N3O2S. The van der Waals surface area contributed by atoms with Crippen molar-refractivity contribution in [3.63, 3.8) is 0 Å². The summed E-state index contributed by atoms with van der Waals surface area (Å²) < 4.78 is 28.6. The largest absolute Gasteiger partial charge is 0.329 e. The molecular weight excluding hydrogens is 262 g/mol. The van der Waals surface area contributed by atoms with Gasteiger partial charge in [0.15, 0.2) is 0 Å². The minimum atomic E-state index is -3.36.